The zero-order valence-corrected chi connectivity index (χ0v) is 12.5. The number of anilines is 1. The minimum Gasteiger partial charge on any atom is -0.380 e. The van der Waals surface area contributed by atoms with Crippen molar-refractivity contribution < 1.29 is 18.0 Å². The molecule has 0 spiro atoms. The molecule has 0 aliphatic rings. The van der Waals surface area contributed by atoms with E-state index in [4.69, 9.17) is 0 Å². The largest absolute Gasteiger partial charge is 0.416 e. The Bertz CT molecular complexity index is 720. The van der Waals surface area contributed by atoms with Gasteiger partial charge in [0.15, 0.2) is 6.29 Å². The number of halogens is 3. The highest BCUT2D eigenvalue weighted by Gasteiger charge is 2.30. The van der Waals surface area contributed by atoms with Crippen molar-refractivity contribution >= 4 is 18.0 Å². The molecule has 120 valence electrons. The fraction of sp³-hybridized carbons (Fsp3) is 0.167. The summed E-state index contributed by atoms with van der Waals surface area (Å²) < 4.78 is 38.2. The number of aldehydes is 1. The molecular weight excluding hydrogens is 303 g/mol. The first-order valence-corrected chi connectivity index (χ1v) is 7.06. The van der Waals surface area contributed by atoms with Gasteiger partial charge in [-0.2, -0.15) is 13.2 Å². The van der Waals surface area contributed by atoms with Gasteiger partial charge >= 0.3 is 6.18 Å². The van der Waals surface area contributed by atoms with Crippen LogP contribution in [0.3, 0.4) is 0 Å². The van der Waals surface area contributed by atoms with Gasteiger partial charge in [-0.15, -0.1) is 0 Å². The van der Waals surface area contributed by atoms with Crippen LogP contribution < -0.4 is 5.32 Å². The molecule has 0 saturated carbocycles. The summed E-state index contributed by atoms with van der Waals surface area (Å²) >= 11 is 0. The number of carbonyl (C=O) groups is 1. The van der Waals surface area contributed by atoms with Gasteiger partial charge in [-0.1, -0.05) is 36.4 Å². The Morgan fingerprint density at radius 2 is 1.87 bits per heavy atom. The lowest BCUT2D eigenvalue weighted by Gasteiger charge is -2.13. The molecule has 2 rings (SSSR count). The highest BCUT2D eigenvalue weighted by molar-refractivity contribution is 5.86. The molecule has 0 radical (unpaired) electrons. The summed E-state index contributed by atoms with van der Waals surface area (Å²) in [4.78, 5) is 11.1. The minimum atomic E-state index is -4.36. The van der Waals surface area contributed by atoms with Crippen molar-refractivity contribution in [2.75, 3.05) is 5.32 Å². The second-order valence-electron chi connectivity index (χ2n) is 4.98. The topological polar surface area (TPSA) is 29.1 Å². The van der Waals surface area contributed by atoms with Gasteiger partial charge in [0.05, 0.1) is 5.56 Å². The molecule has 0 aromatic heterocycles. The van der Waals surface area contributed by atoms with E-state index < -0.39 is 11.7 Å². The zero-order valence-electron chi connectivity index (χ0n) is 12.5. The number of alkyl halides is 3. The summed E-state index contributed by atoms with van der Waals surface area (Å²) in [5, 5.41) is 3.09. The second-order valence-corrected chi connectivity index (χ2v) is 4.98. The Kier molecular flexibility index (Phi) is 5.21. The molecule has 0 saturated heterocycles. The second kappa shape index (κ2) is 7.13. The molecule has 5 heteroatoms. The highest BCUT2D eigenvalue weighted by atomic mass is 19.4. The zero-order chi connectivity index (χ0) is 16.9. The minimum absolute atomic E-state index is 0.233. The fourth-order valence-corrected chi connectivity index (χ4v) is 2.25. The predicted octanol–water partition coefficient (Wildman–Crippen LogP) is 5.16. The first-order chi connectivity index (χ1) is 11.0. The lowest BCUT2D eigenvalue weighted by atomic mass is 10.0. The van der Waals surface area contributed by atoms with Crippen molar-refractivity contribution in [2.45, 2.75) is 19.6 Å². The SMILES string of the molecule is C/C=C\c1c(C=O)cccc1NCc1cccc(C(F)(F)F)c1. The maximum Gasteiger partial charge on any atom is 0.416 e. The lowest BCUT2D eigenvalue weighted by molar-refractivity contribution is -0.137. The summed E-state index contributed by atoms with van der Waals surface area (Å²) in [7, 11) is 0. The summed E-state index contributed by atoms with van der Waals surface area (Å²) in [6, 6.07) is 10.4. The molecule has 0 fully saturated rings. The molecule has 0 heterocycles. The van der Waals surface area contributed by atoms with Gasteiger partial charge in [0.25, 0.3) is 0 Å². The van der Waals surface area contributed by atoms with Crippen LogP contribution >= 0.6 is 0 Å². The molecule has 2 aromatic carbocycles. The number of hydrogen-bond acceptors (Lipinski definition) is 2. The molecule has 0 unspecified atom stereocenters. The number of carbonyl (C=O) groups excluding carboxylic acids is 1. The number of nitrogens with one attached hydrogen (secondary N) is 1. The van der Waals surface area contributed by atoms with Crippen LogP contribution in [0.15, 0.2) is 48.5 Å². The van der Waals surface area contributed by atoms with Crippen LogP contribution in [0.5, 0.6) is 0 Å². The van der Waals surface area contributed by atoms with Crippen LogP contribution in [0.25, 0.3) is 6.08 Å². The number of benzene rings is 2. The van der Waals surface area contributed by atoms with Gasteiger partial charge in [-0.05, 0) is 30.7 Å². The van der Waals surface area contributed by atoms with E-state index in [1.54, 1.807) is 36.4 Å². The Hall–Kier alpha value is -2.56. The molecule has 0 aliphatic heterocycles. The van der Waals surface area contributed by atoms with E-state index in [-0.39, 0.29) is 6.54 Å². The quantitative estimate of drug-likeness (QED) is 0.771. The summed E-state index contributed by atoms with van der Waals surface area (Å²) in [6.07, 6.45) is -0.00959. The van der Waals surface area contributed by atoms with Crippen molar-refractivity contribution in [3.05, 3.63) is 70.8 Å². The molecule has 2 aromatic rings. The molecule has 0 aliphatic carbocycles. The molecule has 0 atom stereocenters. The Balaban J connectivity index is 2.23. The Morgan fingerprint density at radius 3 is 2.52 bits per heavy atom. The Labute approximate surface area is 132 Å². The maximum absolute atomic E-state index is 12.7. The van der Waals surface area contributed by atoms with Crippen molar-refractivity contribution in [3.63, 3.8) is 0 Å². The van der Waals surface area contributed by atoms with E-state index >= 15 is 0 Å². The van der Waals surface area contributed by atoms with Gasteiger partial charge in [-0.25, -0.2) is 0 Å². The van der Waals surface area contributed by atoms with E-state index in [9.17, 15) is 18.0 Å². The van der Waals surface area contributed by atoms with Gasteiger partial charge in [0.1, 0.15) is 0 Å². The van der Waals surface area contributed by atoms with Gasteiger partial charge in [0.2, 0.25) is 0 Å². The maximum atomic E-state index is 12.7. The van der Waals surface area contributed by atoms with E-state index in [2.05, 4.69) is 5.32 Å². The van der Waals surface area contributed by atoms with Crippen molar-refractivity contribution in [1.82, 2.24) is 0 Å². The molecule has 0 bridgehead atoms. The van der Waals surface area contributed by atoms with Crippen LogP contribution in [0, 0.1) is 0 Å². The average Bonchev–Trinajstić information content (AvgIpc) is 2.53. The van der Waals surface area contributed by atoms with E-state index in [0.29, 0.717) is 16.8 Å². The summed E-state index contributed by atoms with van der Waals surface area (Å²) in [6.45, 7) is 2.06. The van der Waals surface area contributed by atoms with Crippen molar-refractivity contribution in [2.24, 2.45) is 0 Å². The molecule has 1 N–H and O–H groups in total. The van der Waals surface area contributed by atoms with E-state index in [1.165, 1.54) is 6.07 Å². The third kappa shape index (κ3) is 4.22. The number of rotatable bonds is 5. The average molecular weight is 319 g/mol. The van der Waals surface area contributed by atoms with Crippen molar-refractivity contribution in [3.8, 4) is 0 Å². The summed E-state index contributed by atoms with van der Waals surface area (Å²) in [5.74, 6) is 0. The lowest BCUT2D eigenvalue weighted by Crippen LogP contribution is -2.07. The summed E-state index contributed by atoms with van der Waals surface area (Å²) in [5.41, 5.74) is 1.79. The first-order valence-electron chi connectivity index (χ1n) is 7.06. The smallest absolute Gasteiger partial charge is 0.380 e. The Morgan fingerprint density at radius 1 is 1.13 bits per heavy atom. The van der Waals surface area contributed by atoms with E-state index in [1.807, 2.05) is 6.92 Å². The van der Waals surface area contributed by atoms with Gasteiger partial charge in [-0.3, -0.25) is 4.79 Å². The number of hydrogen-bond donors (Lipinski definition) is 1. The van der Waals surface area contributed by atoms with E-state index in [0.717, 1.165) is 24.0 Å². The van der Waals surface area contributed by atoms with Crippen LogP contribution in [-0.4, -0.2) is 6.29 Å². The third-order valence-electron chi connectivity index (χ3n) is 3.34. The normalized spacial score (nSPS) is 11.7. The molecular formula is C18H16F3NO. The number of allylic oxidation sites excluding steroid dienone is 1. The van der Waals surface area contributed by atoms with Gasteiger partial charge in [0, 0.05) is 23.4 Å². The van der Waals surface area contributed by atoms with Crippen molar-refractivity contribution in [1.29, 1.82) is 0 Å². The third-order valence-corrected chi connectivity index (χ3v) is 3.34. The van der Waals surface area contributed by atoms with Crippen LogP contribution in [0.2, 0.25) is 0 Å². The van der Waals surface area contributed by atoms with Crippen LogP contribution in [0.4, 0.5) is 18.9 Å². The monoisotopic (exact) mass is 319 g/mol. The van der Waals surface area contributed by atoms with Gasteiger partial charge < -0.3 is 5.32 Å². The highest BCUT2D eigenvalue weighted by Crippen LogP contribution is 2.30. The standard InChI is InChI=1S/C18H16F3NO/c1-2-5-16-14(12-23)7-4-9-17(16)22-11-13-6-3-8-15(10-13)18(19,20)21/h2-10,12,22H,11H2,1H3/b5-2-. The molecule has 0 amide bonds. The van der Waals surface area contributed by atoms with Crippen LogP contribution in [-0.2, 0) is 12.7 Å². The molecule has 2 nitrogen and oxygen atoms in total. The van der Waals surface area contributed by atoms with Crippen LogP contribution in [0.1, 0.15) is 34.0 Å². The molecule has 23 heavy (non-hydrogen) atoms. The first kappa shape index (κ1) is 16.8. The predicted molar refractivity (Wildman–Crippen MR) is 85.3 cm³/mol. The fourth-order valence-electron chi connectivity index (χ4n) is 2.25.